The van der Waals surface area contributed by atoms with Crippen LogP contribution >= 0.6 is 0 Å². The van der Waals surface area contributed by atoms with Gasteiger partial charge in [0.15, 0.2) is 0 Å². The number of likely N-dealkylation sites (tertiary alicyclic amines) is 1. The van der Waals surface area contributed by atoms with E-state index in [1.54, 1.807) is 24.0 Å². The second-order valence-corrected chi connectivity index (χ2v) is 6.53. The summed E-state index contributed by atoms with van der Waals surface area (Å²) in [6.45, 7) is 6.42. The van der Waals surface area contributed by atoms with E-state index in [1.807, 2.05) is 13.8 Å². The predicted octanol–water partition coefficient (Wildman–Crippen LogP) is 2.74. The first-order valence-electron chi connectivity index (χ1n) is 8.14. The summed E-state index contributed by atoms with van der Waals surface area (Å²) in [5.41, 5.74) is 0.932. The van der Waals surface area contributed by atoms with Crippen molar-refractivity contribution in [3.63, 3.8) is 0 Å². The summed E-state index contributed by atoms with van der Waals surface area (Å²) in [7, 11) is 0. The van der Waals surface area contributed by atoms with E-state index in [2.05, 4.69) is 5.32 Å². The molecule has 1 aliphatic heterocycles. The molecule has 0 spiro atoms. The Morgan fingerprint density at radius 1 is 1.38 bits per heavy atom. The lowest BCUT2D eigenvalue weighted by atomic mass is 9.96. The molecule has 1 saturated heterocycles. The third-order valence-electron chi connectivity index (χ3n) is 4.27. The molecule has 1 N–H and O–H groups in total. The summed E-state index contributed by atoms with van der Waals surface area (Å²) >= 11 is 0. The number of carbonyl (C=O) groups is 2. The maximum absolute atomic E-state index is 12.5. The molecular formula is C17H23N3O4. The Kier molecular flexibility index (Phi) is 5.54. The molecule has 1 aliphatic rings. The van der Waals surface area contributed by atoms with Gasteiger partial charge in [0.1, 0.15) is 0 Å². The molecule has 2 amide bonds. The van der Waals surface area contributed by atoms with Crippen LogP contribution in [-0.2, 0) is 9.59 Å². The topological polar surface area (TPSA) is 92.6 Å². The van der Waals surface area contributed by atoms with E-state index in [0.717, 1.165) is 6.42 Å². The zero-order valence-corrected chi connectivity index (χ0v) is 14.2. The van der Waals surface area contributed by atoms with Crippen LogP contribution in [0.4, 0.5) is 11.4 Å². The first-order valence-corrected chi connectivity index (χ1v) is 8.14. The summed E-state index contributed by atoms with van der Waals surface area (Å²) in [5.74, 6) is -0.527. The van der Waals surface area contributed by atoms with Crippen molar-refractivity contribution in [2.45, 2.75) is 33.6 Å². The average Bonchev–Trinajstić information content (AvgIpc) is 2.55. The van der Waals surface area contributed by atoms with Gasteiger partial charge in [-0.2, -0.15) is 0 Å². The Bertz CT molecular complexity index is 657. The number of nitro groups is 1. The number of benzene rings is 1. The van der Waals surface area contributed by atoms with Crippen molar-refractivity contribution in [2.75, 3.05) is 18.4 Å². The molecular weight excluding hydrogens is 310 g/mol. The highest BCUT2D eigenvalue weighted by Gasteiger charge is 2.29. The van der Waals surface area contributed by atoms with Crippen LogP contribution in [0.1, 0.15) is 32.3 Å². The molecule has 1 heterocycles. The minimum atomic E-state index is -0.464. The number of nitro benzene ring substituents is 1. The fraction of sp³-hybridized carbons (Fsp3) is 0.529. The van der Waals surface area contributed by atoms with Gasteiger partial charge in [0, 0.05) is 36.3 Å². The summed E-state index contributed by atoms with van der Waals surface area (Å²) in [4.78, 5) is 36.8. The van der Waals surface area contributed by atoms with E-state index in [4.69, 9.17) is 0 Å². The first kappa shape index (κ1) is 17.9. The van der Waals surface area contributed by atoms with Crippen LogP contribution in [0, 0.1) is 28.9 Å². The zero-order valence-electron chi connectivity index (χ0n) is 14.2. The second kappa shape index (κ2) is 7.42. The highest BCUT2D eigenvalue weighted by atomic mass is 16.6. The zero-order chi connectivity index (χ0) is 17.9. The molecule has 0 radical (unpaired) electrons. The third-order valence-corrected chi connectivity index (χ3v) is 4.27. The fourth-order valence-corrected chi connectivity index (χ4v) is 2.88. The number of hydrogen-bond donors (Lipinski definition) is 1. The Hall–Kier alpha value is -2.44. The van der Waals surface area contributed by atoms with Crippen LogP contribution in [0.2, 0.25) is 0 Å². The second-order valence-electron chi connectivity index (χ2n) is 6.53. The molecule has 1 unspecified atom stereocenters. The highest BCUT2D eigenvalue weighted by molar-refractivity contribution is 5.93. The summed E-state index contributed by atoms with van der Waals surface area (Å²) in [5, 5.41) is 13.7. The van der Waals surface area contributed by atoms with Crippen molar-refractivity contribution in [3.05, 3.63) is 33.9 Å². The highest BCUT2D eigenvalue weighted by Crippen LogP contribution is 2.24. The van der Waals surface area contributed by atoms with E-state index < -0.39 is 4.92 Å². The molecule has 1 fully saturated rings. The fourth-order valence-electron chi connectivity index (χ4n) is 2.88. The number of piperidine rings is 1. The van der Waals surface area contributed by atoms with Gasteiger partial charge in [-0.25, -0.2) is 0 Å². The van der Waals surface area contributed by atoms with Gasteiger partial charge in [-0.3, -0.25) is 19.7 Å². The molecule has 1 atom stereocenters. The maximum Gasteiger partial charge on any atom is 0.274 e. The van der Waals surface area contributed by atoms with Crippen LogP contribution < -0.4 is 5.32 Å². The lowest BCUT2D eigenvalue weighted by Gasteiger charge is -2.33. The van der Waals surface area contributed by atoms with E-state index in [0.29, 0.717) is 30.8 Å². The van der Waals surface area contributed by atoms with E-state index in [9.17, 15) is 19.7 Å². The number of amides is 2. The Labute approximate surface area is 141 Å². The SMILES string of the molecule is Cc1ccc(NC(=O)C2CCCN(C(=O)C(C)C)C2)cc1[N+](=O)[O-]. The van der Waals surface area contributed by atoms with Crippen LogP contribution in [0.5, 0.6) is 0 Å². The number of nitrogens with zero attached hydrogens (tertiary/aromatic N) is 2. The van der Waals surface area contributed by atoms with Crippen LogP contribution in [0.15, 0.2) is 18.2 Å². The van der Waals surface area contributed by atoms with Crippen LogP contribution in [0.25, 0.3) is 0 Å². The summed E-state index contributed by atoms with van der Waals surface area (Å²) in [6.07, 6.45) is 1.49. The molecule has 7 heteroatoms. The van der Waals surface area contributed by atoms with Gasteiger partial charge < -0.3 is 10.2 Å². The summed E-state index contributed by atoms with van der Waals surface area (Å²) in [6, 6.07) is 4.64. The lowest BCUT2D eigenvalue weighted by molar-refractivity contribution is -0.385. The quantitative estimate of drug-likeness (QED) is 0.677. The van der Waals surface area contributed by atoms with E-state index in [-0.39, 0.29) is 29.3 Å². The molecule has 0 aromatic heterocycles. The van der Waals surface area contributed by atoms with Crippen molar-refractivity contribution >= 4 is 23.2 Å². The molecule has 7 nitrogen and oxygen atoms in total. The molecule has 1 aromatic rings. The van der Waals surface area contributed by atoms with Gasteiger partial charge in [0.05, 0.1) is 10.8 Å². The van der Waals surface area contributed by atoms with Gasteiger partial charge in [-0.1, -0.05) is 19.9 Å². The third kappa shape index (κ3) is 4.10. The number of hydrogen-bond acceptors (Lipinski definition) is 4. The molecule has 2 rings (SSSR count). The Morgan fingerprint density at radius 3 is 2.71 bits per heavy atom. The number of nitrogens with one attached hydrogen (secondary N) is 1. The van der Waals surface area contributed by atoms with Gasteiger partial charge in [0.2, 0.25) is 11.8 Å². The minimum Gasteiger partial charge on any atom is -0.342 e. The predicted molar refractivity (Wildman–Crippen MR) is 90.6 cm³/mol. The van der Waals surface area contributed by atoms with Crippen molar-refractivity contribution < 1.29 is 14.5 Å². The smallest absolute Gasteiger partial charge is 0.274 e. The maximum atomic E-state index is 12.5. The van der Waals surface area contributed by atoms with Crippen molar-refractivity contribution in [3.8, 4) is 0 Å². The standard InChI is InChI=1S/C17H23N3O4/c1-11(2)17(22)19-8-4-5-13(10-19)16(21)18-14-7-6-12(3)15(9-14)20(23)24/h6-7,9,11,13H,4-5,8,10H2,1-3H3,(H,18,21). The van der Waals surface area contributed by atoms with Gasteiger partial charge in [-0.15, -0.1) is 0 Å². The molecule has 0 aliphatic carbocycles. The minimum absolute atomic E-state index is 0.0203. The number of aryl methyl sites for hydroxylation is 1. The van der Waals surface area contributed by atoms with Crippen molar-refractivity contribution in [1.29, 1.82) is 0 Å². The molecule has 1 aromatic carbocycles. The monoisotopic (exact) mass is 333 g/mol. The van der Waals surface area contributed by atoms with E-state index >= 15 is 0 Å². The average molecular weight is 333 g/mol. The van der Waals surface area contributed by atoms with Gasteiger partial charge in [-0.05, 0) is 25.8 Å². The largest absolute Gasteiger partial charge is 0.342 e. The summed E-state index contributed by atoms with van der Waals surface area (Å²) < 4.78 is 0. The number of carbonyl (C=O) groups excluding carboxylic acids is 2. The normalized spacial score (nSPS) is 17.7. The first-order chi connectivity index (χ1) is 11.3. The molecule has 0 bridgehead atoms. The van der Waals surface area contributed by atoms with Gasteiger partial charge in [0.25, 0.3) is 5.69 Å². The lowest BCUT2D eigenvalue weighted by Crippen LogP contribution is -2.45. The van der Waals surface area contributed by atoms with Crippen LogP contribution in [-0.4, -0.2) is 34.7 Å². The van der Waals surface area contributed by atoms with E-state index in [1.165, 1.54) is 6.07 Å². The number of rotatable bonds is 4. The van der Waals surface area contributed by atoms with Gasteiger partial charge >= 0.3 is 0 Å². The number of anilines is 1. The molecule has 24 heavy (non-hydrogen) atoms. The Morgan fingerprint density at radius 2 is 2.08 bits per heavy atom. The molecule has 0 saturated carbocycles. The Balaban J connectivity index is 2.05. The van der Waals surface area contributed by atoms with Crippen LogP contribution in [0.3, 0.4) is 0 Å². The van der Waals surface area contributed by atoms with Crippen molar-refractivity contribution in [1.82, 2.24) is 4.90 Å². The molecule has 130 valence electrons. The van der Waals surface area contributed by atoms with Crippen molar-refractivity contribution in [2.24, 2.45) is 11.8 Å².